The number of carboxylic acids is 1. The standard InChI is InChI=1S/C15H27NO2/c1-3-13-6-9-16(10-13)11-15(14(17)18)7-4-12(2)5-8-15/h12-13H,3-11H2,1-2H3,(H,17,18). The van der Waals surface area contributed by atoms with Gasteiger partial charge in [0.2, 0.25) is 0 Å². The van der Waals surface area contributed by atoms with Crippen molar-refractivity contribution in [1.82, 2.24) is 4.90 Å². The molecule has 1 aliphatic heterocycles. The molecular formula is C15H27NO2. The predicted octanol–water partition coefficient (Wildman–Crippen LogP) is 3.00. The zero-order chi connectivity index (χ0) is 13.2. The van der Waals surface area contributed by atoms with Gasteiger partial charge >= 0.3 is 5.97 Å². The molecule has 1 atom stereocenters. The molecule has 104 valence electrons. The van der Waals surface area contributed by atoms with Gasteiger partial charge in [-0.25, -0.2) is 0 Å². The lowest BCUT2D eigenvalue weighted by Crippen LogP contribution is -2.44. The highest BCUT2D eigenvalue weighted by Gasteiger charge is 2.43. The van der Waals surface area contributed by atoms with E-state index in [-0.39, 0.29) is 0 Å². The third kappa shape index (κ3) is 2.87. The van der Waals surface area contributed by atoms with Gasteiger partial charge in [0, 0.05) is 13.1 Å². The fraction of sp³-hybridized carbons (Fsp3) is 0.933. The van der Waals surface area contributed by atoms with Crippen molar-refractivity contribution in [3.8, 4) is 0 Å². The lowest BCUT2D eigenvalue weighted by Gasteiger charge is -2.38. The summed E-state index contributed by atoms with van der Waals surface area (Å²) in [4.78, 5) is 14.1. The Morgan fingerprint density at radius 2 is 2.00 bits per heavy atom. The number of likely N-dealkylation sites (tertiary alicyclic amines) is 1. The van der Waals surface area contributed by atoms with Crippen LogP contribution in [-0.2, 0) is 4.79 Å². The molecule has 1 saturated carbocycles. The van der Waals surface area contributed by atoms with Gasteiger partial charge in [0.15, 0.2) is 0 Å². The first-order valence-electron chi connectivity index (χ1n) is 7.51. The van der Waals surface area contributed by atoms with Crippen molar-refractivity contribution in [3.63, 3.8) is 0 Å². The van der Waals surface area contributed by atoms with Gasteiger partial charge in [0.05, 0.1) is 5.41 Å². The molecule has 18 heavy (non-hydrogen) atoms. The smallest absolute Gasteiger partial charge is 0.310 e. The van der Waals surface area contributed by atoms with E-state index in [1.54, 1.807) is 0 Å². The molecule has 0 aromatic rings. The van der Waals surface area contributed by atoms with Crippen molar-refractivity contribution in [2.24, 2.45) is 17.3 Å². The van der Waals surface area contributed by atoms with E-state index in [4.69, 9.17) is 0 Å². The summed E-state index contributed by atoms with van der Waals surface area (Å²) in [5, 5.41) is 9.63. The van der Waals surface area contributed by atoms with Crippen molar-refractivity contribution >= 4 is 5.97 Å². The van der Waals surface area contributed by atoms with E-state index >= 15 is 0 Å². The van der Waals surface area contributed by atoms with Crippen molar-refractivity contribution in [2.45, 2.75) is 52.4 Å². The first kappa shape index (κ1) is 13.9. The van der Waals surface area contributed by atoms with Gasteiger partial charge in [-0.1, -0.05) is 20.3 Å². The Morgan fingerprint density at radius 1 is 1.33 bits per heavy atom. The molecule has 1 heterocycles. The van der Waals surface area contributed by atoms with Gasteiger partial charge in [0.1, 0.15) is 0 Å². The number of rotatable bonds is 4. The fourth-order valence-corrected chi connectivity index (χ4v) is 3.57. The Labute approximate surface area is 111 Å². The summed E-state index contributed by atoms with van der Waals surface area (Å²) in [7, 11) is 0. The average Bonchev–Trinajstić information content (AvgIpc) is 2.79. The second-order valence-corrected chi connectivity index (χ2v) is 6.57. The molecule has 3 nitrogen and oxygen atoms in total. The van der Waals surface area contributed by atoms with E-state index in [1.165, 1.54) is 12.8 Å². The van der Waals surface area contributed by atoms with Crippen molar-refractivity contribution in [2.75, 3.05) is 19.6 Å². The molecule has 1 aliphatic carbocycles. The predicted molar refractivity (Wildman–Crippen MR) is 72.5 cm³/mol. The Kier molecular flexibility index (Phi) is 4.31. The van der Waals surface area contributed by atoms with Crippen LogP contribution in [0.2, 0.25) is 0 Å². The molecular weight excluding hydrogens is 226 g/mol. The molecule has 0 radical (unpaired) electrons. The quantitative estimate of drug-likeness (QED) is 0.837. The summed E-state index contributed by atoms with van der Waals surface area (Å²) < 4.78 is 0. The third-order valence-electron chi connectivity index (χ3n) is 5.16. The molecule has 1 unspecified atom stereocenters. The number of aliphatic carboxylic acids is 1. The molecule has 2 aliphatic rings. The van der Waals surface area contributed by atoms with Crippen LogP contribution >= 0.6 is 0 Å². The summed E-state index contributed by atoms with van der Waals surface area (Å²) in [6.45, 7) is 7.48. The lowest BCUT2D eigenvalue weighted by atomic mass is 9.70. The van der Waals surface area contributed by atoms with Gasteiger partial charge in [-0.05, 0) is 50.5 Å². The highest BCUT2D eigenvalue weighted by molar-refractivity contribution is 5.75. The minimum absolute atomic E-state index is 0.449. The number of carbonyl (C=O) groups is 1. The number of hydrogen-bond acceptors (Lipinski definition) is 2. The van der Waals surface area contributed by atoms with Gasteiger partial charge in [-0.3, -0.25) is 4.79 Å². The Bertz CT molecular complexity index is 295. The zero-order valence-electron chi connectivity index (χ0n) is 11.8. The van der Waals surface area contributed by atoms with Crippen LogP contribution in [-0.4, -0.2) is 35.6 Å². The van der Waals surface area contributed by atoms with E-state index in [0.29, 0.717) is 5.92 Å². The van der Waals surface area contributed by atoms with Crippen LogP contribution in [0, 0.1) is 17.3 Å². The number of hydrogen-bond donors (Lipinski definition) is 1. The summed E-state index contributed by atoms with van der Waals surface area (Å²) in [5.74, 6) is 0.937. The molecule has 1 N–H and O–H groups in total. The lowest BCUT2D eigenvalue weighted by molar-refractivity contribution is -0.153. The maximum absolute atomic E-state index is 11.7. The molecule has 0 bridgehead atoms. The van der Waals surface area contributed by atoms with Gasteiger partial charge < -0.3 is 10.0 Å². The number of nitrogens with zero attached hydrogens (tertiary/aromatic N) is 1. The highest BCUT2D eigenvalue weighted by atomic mass is 16.4. The van der Waals surface area contributed by atoms with Gasteiger partial charge in [-0.15, -0.1) is 0 Å². The van der Waals surface area contributed by atoms with Crippen LogP contribution in [0.1, 0.15) is 52.4 Å². The zero-order valence-corrected chi connectivity index (χ0v) is 11.8. The first-order chi connectivity index (χ1) is 8.55. The largest absolute Gasteiger partial charge is 0.481 e. The molecule has 0 aromatic heterocycles. The SMILES string of the molecule is CCC1CCN(CC2(C(=O)O)CCC(C)CC2)C1. The second kappa shape index (κ2) is 5.60. The molecule has 2 fully saturated rings. The minimum Gasteiger partial charge on any atom is -0.481 e. The van der Waals surface area contributed by atoms with Crippen LogP contribution in [0.3, 0.4) is 0 Å². The van der Waals surface area contributed by atoms with Crippen LogP contribution < -0.4 is 0 Å². The molecule has 0 amide bonds. The molecule has 1 saturated heterocycles. The van der Waals surface area contributed by atoms with Crippen LogP contribution in [0.4, 0.5) is 0 Å². The monoisotopic (exact) mass is 253 g/mol. The molecule has 3 heteroatoms. The summed E-state index contributed by atoms with van der Waals surface area (Å²) in [5.41, 5.74) is -0.449. The van der Waals surface area contributed by atoms with Crippen molar-refractivity contribution < 1.29 is 9.90 Å². The summed E-state index contributed by atoms with van der Waals surface area (Å²) >= 11 is 0. The summed E-state index contributed by atoms with van der Waals surface area (Å²) in [6.07, 6.45) is 6.39. The molecule has 0 spiro atoms. The normalized spacial score (nSPS) is 37.9. The highest BCUT2D eigenvalue weighted by Crippen LogP contribution is 2.40. The van der Waals surface area contributed by atoms with Crippen LogP contribution in [0.15, 0.2) is 0 Å². The second-order valence-electron chi connectivity index (χ2n) is 6.57. The Balaban J connectivity index is 1.97. The minimum atomic E-state index is -0.561. The topological polar surface area (TPSA) is 40.5 Å². The molecule has 2 rings (SSSR count). The maximum Gasteiger partial charge on any atom is 0.310 e. The summed E-state index contributed by atoms with van der Waals surface area (Å²) in [6, 6.07) is 0. The maximum atomic E-state index is 11.7. The van der Waals surface area contributed by atoms with E-state index < -0.39 is 11.4 Å². The van der Waals surface area contributed by atoms with Crippen molar-refractivity contribution in [1.29, 1.82) is 0 Å². The van der Waals surface area contributed by atoms with E-state index in [1.807, 2.05) is 0 Å². The van der Waals surface area contributed by atoms with Crippen molar-refractivity contribution in [3.05, 3.63) is 0 Å². The average molecular weight is 253 g/mol. The van der Waals surface area contributed by atoms with E-state index in [9.17, 15) is 9.90 Å². The Morgan fingerprint density at radius 3 is 2.50 bits per heavy atom. The van der Waals surface area contributed by atoms with Crippen LogP contribution in [0.25, 0.3) is 0 Å². The van der Waals surface area contributed by atoms with E-state index in [2.05, 4.69) is 18.7 Å². The number of carboxylic acid groups (broad SMARTS) is 1. The van der Waals surface area contributed by atoms with E-state index in [0.717, 1.165) is 51.2 Å². The molecule has 0 aromatic carbocycles. The van der Waals surface area contributed by atoms with Gasteiger partial charge in [-0.2, -0.15) is 0 Å². The third-order valence-corrected chi connectivity index (χ3v) is 5.16. The Hall–Kier alpha value is -0.570. The van der Waals surface area contributed by atoms with Gasteiger partial charge in [0.25, 0.3) is 0 Å². The fourth-order valence-electron chi connectivity index (χ4n) is 3.57. The van der Waals surface area contributed by atoms with Crippen LogP contribution in [0.5, 0.6) is 0 Å². The first-order valence-corrected chi connectivity index (χ1v) is 7.51.